The van der Waals surface area contributed by atoms with Crippen LogP contribution in [-0.2, 0) is 20.7 Å². The number of hydrogen-bond acceptors (Lipinski definition) is 5. The average molecular weight is 418 g/mol. The molecular weight excluding hydrogens is 394 g/mol. The lowest BCUT2D eigenvalue weighted by Gasteiger charge is -2.09. The van der Waals surface area contributed by atoms with Gasteiger partial charge in [0.05, 0.1) is 0 Å². The Morgan fingerprint density at radius 3 is 2.48 bits per heavy atom. The molecule has 1 aromatic carbocycles. The van der Waals surface area contributed by atoms with Crippen molar-refractivity contribution >= 4 is 29.4 Å². The maximum Gasteiger partial charge on any atom is 0.325 e. The molecule has 2 amide bonds. The number of carbonyl (C=O) groups is 3. The molecule has 0 atom stereocenters. The van der Waals surface area contributed by atoms with E-state index in [0.29, 0.717) is 23.9 Å². The van der Waals surface area contributed by atoms with E-state index in [9.17, 15) is 14.4 Å². The van der Waals surface area contributed by atoms with Crippen LogP contribution < -0.4 is 10.6 Å². The number of nitrogens with zero attached hydrogens (tertiary/aromatic N) is 1. The first-order chi connectivity index (χ1) is 13.8. The third-order valence-corrected chi connectivity index (χ3v) is 4.33. The van der Waals surface area contributed by atoms with Crippen LogP contribution in [0.25, 0.3) is 0 Å². The Balaban J connectivity index is 1.63. The third-order valence-electron chi connectivity index (χ3n) is 4.09. The first-order valence-corrected chi connectivity index (χ1v) is 9.64. The number of nitrogens with one attached hydrogen (secondary N) is 2. The molecule has 0 unspecified atom stereocenters. The van der Waals surface area contributed by atoms with Crippen molar-refractivity contribution in [2.75, 3.05) is 19.7 Å². The number of rotatable bonds is 9. The van der Waals surface area contributed by atoms with Crippen molar-refractivity contribution < 1.29 is 19.1 Å². The Morgan fingerprint density at radius 1 is 1.10 bits per heavy atom. The molecule has 1 heterocycles. The minimum absolute atomic E-state index is 0.0875. The van der Waals surface area contributed by atoms with Gasteiger partial charge < -0.3 is 15.4 Å². The number of aromatic nitrogens is 1. The molecule has 2 N–H and O–H groups in total. The summed E-state index contributed by atoms with van der Waals surface area (Å²) in [6.45, 7) is 3.93. The lowest BCUT2D eigenvalue weighted by Crippen LogP contribution is -2.34. The van der Waals surface area contributed by atoms with Gasteiger partial charge in [0.15, 0.2) is 6.61 Å². The number of halogens is 1. The Morgan fingerprint density at radius 2 is 1.83 bits per heavy atom. The van der Waals surface area contributed by atoms with Gasteiger partial charge in [-0.1, -0.05) is 49.7 Å². The highest BCUT2D eigenvalue weighted by Gasteiger charge is 2.12. The summed E-state index contributed by atoms with van der Waals surface area (Å²) in [6, 6.07) is 11.2. The molecule has 0 fully saturated rings. The van der Waals surface area contributed by atoms with Gasteiger partial charge in [0, 0.05) is 17.8 Å². The molecule has 29 heavy (non-hydrogen) atoms. The van der Waals surface area contributed by atoms with Gasteiger partial charge in [0.1, 0.15) is 12.2 Å². The molecule has 0 aliphatic heterocycles. The van der Waals surface area contributed by atoms with Gasteiger partial charge in [-0.25, -0.2) is 0 Å². The first-order valence-electron chi connectivity index (χ1n) is 9.26. The predicted molar refractivity (Wildman–Crippen MR) is 110 cm³/mol. The van der Waals surface area contributed by atoms with E-state index in [-0.39, 0.29) is 12.2 Å². The maximum absolute atomic E-state index is 11.9. The Bertz CT molecular complexity index is 853. The lowest BCUT2D eigenvalue weighted by molar-refractivity contribution is -0.147. The van der Waals surface area contributed by atoms with Crippen LogP contribution in [0.3, 0.4) is 0 Å². The van der Waals surface area contributed by atoms with Crippen LogP contribution in [0.15, 0.2) is 42.6 Å². The number of amides is 2. The fourth-order valence-electron chi connectivity index (χ4n) is 2.44. The van der Waals surface area contributed by atoms with E-state index >= 15 is 0 Å². The van der Waals surface area contributed by atoms with Crippen LogP contribution in [0, 0.1) is 0 Å². The second-order valence-corrected chi connectivity index (χ2v) is 7.14. The molecule has 0 radical (unpaired) electrons. The van der Waals surface area contributed by atoms with E-state index in [1.807, 2.05) is 12.1 Å². The van der Waals surface area contributed by atoms with Crippen molar-refractivity contribution in [1.29, 1.82) is 0 Å². The van der Waals surface area contributed by atoms with Crippen molar-refractivity contribution in [3.63, 3.8) is 0 Å². The number of carbonyl (C=O) groups excluding carboxylic acids is 3. The summed E-state index contributed by atoms with van der Waals surface area (Å²) in [7, 11) is 0. The Kier molecular flexibility index (Phi) is 8.61. The van der Waals surface area contributed by atoms with E-state index in [2.05, 4.69) is 41.6 Å². The lowest BCUT2D eigenvalue weighted by atomic mass is 10.0. The zero-order chi connectivity index (χ0) is 21.2. The van der Waals surface area contributed by atoms with E-state index in [1.165, 1.54) is 23.9 Å². The van der Waals surface area contributed by atoms with Gasteiger partial charge >= 0.3 is 5.97 Å². The molecule has 0 aliphatic carbocycles. The van der Waals surface area contributed by atoms with Crippen LogP contribution in [0.4, 0.5) is 0 Å². The van der Waals surface area contributed by atoms with Gasteiger partial charge in [-0.15, -0.1) is 0 Å². The Labute approximate surface area is 174 Å². The molecule has 0 bridgehead atoms. The zero-order valence-electron chi connectivity index (χ0n) is 16.4. The number of esters is 1. The quantitative estimate of drug-likeness (QED) is 0.611. The fourth-order valence-corrected chi connectivity index (χ4v) is 2.60. The topological polar surface area (TPSA) is 97.4 Å². The largest absolute Gasteiger partial charge is 0.454 e. The highest BCUT2D eigenvalue weighted by molar-refractivity contribution is 6.30. The van der Waals surface area contributed by atoms with Crippen molar-refractivity contribution in [1.82, 2.24) is 15.6 Å². The number of hydrogen-bond donors (Lipinski definition) is 2. The van der Waals surface area contributed by atoms with E-state index in [0.717, 1.165) is 5.56 Å². The molecular formula is C21H24ClN3O4. The van der Waals surface area contributed by atoms with E-state index in [1.54, 1.807) is 0 Å². The van der Waals surface area contributed by atoms with Gasteiger partial charge in [-0.3, -0.25) is 19.4 Å². The molecule has 0 saturated heterocycles. The van der Waals surface area contributed by atoms with E-state index in [4.69, 9.17) is 16.3 Å². The summed E-state index contributed by atoms with van der Waals surface area (Å²) < 4.78 is 4.85. The normalized spacial score (nSPS) is 10.5. The van der Waals surface area contributed by atoms with Gasteiger partial charge in [0.2, 0.25) is 0 Å². The summed E-state index contributed by atoms with van der Waals surface area (Å²) in [5.74, 6) is -1.21. The fraction of sp³-hybridized carbons (Fsp3) is 0.333. The second-order valence-electron chi connectivity index (χ2n) is 6.70. The molecule has 7 nitrogen and oxygen atoms in total. The van der Waals surface area contributed by atoms with Crippen LogP contribution >= 0.6 is 11.6 Å². The molecule has 1 aromatic heterocycles. The minimum atomic E-state index is -0.722. The second kappa shape index (κ2) is 11.2. The number of ether oxygens (including phenoxy) is 1. The van der Waals surface area contributed by atoms with Gasteiger partial charge in [-0.2, -0.15) is 0 Å². The zero-order valence-corrected chi connectivity index (χ0v) is 17.2. The highest BCUT2D eigenvalue weighted by atomic mass is 35.5. The molecule has 0 aliphatic rings. The first kappa shape index (κ1) is 22.4. The number of benzene rings is 1. The standard InChI is InChI=1S/C21H24ClN3O4/c1-14(2)16-5-3-15(4-6-16)7-9-24-19(26)13-29-20(27)12-25-21(28)18-11-17(22)8-10-23-18/h3-6,8,10-11,14H,7,9,12-13H2,1-2H3,(H,24,26)(H,25,28). The highest BCUT2D eigenvalue weighted by Crippen LogP contribution is 2.14. The smallest absolute Gasteiger partial charge is 0.325 e. The number of pyridine rings is 1. The minimum Gasteiger partial charge on any atom is -0.454 e. The summed E-state index contributed by atoms with van der Waals surface area (Å²) in [5, 5.41) is 5.41. The van der Waals surface area contributed by atoms with Gasteiger partial charge in [-0.05, 0) is 35.6 Å². The van der Waals surface area contributed by atoms with E-state index < -0.39 is 24.4 Å². The summed E-state index contributed by atoms with van der Waals surface area (Å²) in [5.41, 5.74) is 2.47. The maximum atomic E-state index is 11.9. The molecule has 154 valence electrons. The summed E-state index contributed by atoms with van der Waals surface area (Å²) >= 11 is 5.78. The molecule has 2 rings (SSSR count). The molecule has 2 aromatic rings. The molecule has 0 spiro atoms. The molecule has 8 heteroatoms. The SMILES string of the molecule is CC(C)c1ccc(CCNC(=O)COC(=O)CNC(=O)c2cc(Cl)ccn2)cc1. The van der Waals surface area contributed by atoms with Crippen LogP contribution in [0.5, 0.6) is 0 Å². The predicted octanol–water partition coefficient (Wildman–Crippen LogP) is 2.49. The van der Waals surface area contributed by atoms with Crippen LogP contribution in [0.2, 0.25) is 5.02 Å². The average Bonchev–Trinajstić information content (AvgIpc) is 2.70. The summed E-state index contributed by atoms with van der Waals surface area (Å²) in [4.78, 5) is 39.2. The van der Waals surface area contributed by atoms with Crippen LogP contribution in [0.1, 0.15) is 41.4 Å². The summed E-state index contributed by atoms with van der Waals surface area (Å²) in [6.07, 6.45) is 2.07. The van der Waals surface area contributed by atoms with Crippen molar-refractivity contribution in [2.45, 2.75) is 26.2 Å². The third kappa shape index (κ3) is 7.91. The Hall–Kier alpha value is -2.93. The van der Waals surface area contributed by atoms with Crippen molar-refractivity contribution in [3.05, 3.63) is 64.4 Å². The monoisotopic (exact) mass is 417 g/mol. The van der Waals surface area contributed by atoms with Crippen LogP contribution in [-0.4, -0.2) is 42.5 Å². The van der Waals surface area contributed by atoms with Gasteiger partial charge in [0.25, 0.3) is 11.8 Å². The molecule has 0 saturated carbocycles. The van der Waals surface area contributed by atoms with Crippen molar-refractivity contribution in [3.8, 4) is 0 Å². The van der Waals surface area contributed by atoms with Crippen molar-refractivity contribution in [2.24, 2.45) is 0 Å².